The lowest BCUT2D eigenvalue weighted by Crippen LogP contribution is -2.23. The third kappa shape index (κ3) is 3.06. The molecule has 0 bridgehead atoms. The molecule has 1 saturated heterocycles. The van der Waals surface area contributed by atoms with Gasteiger partial charge in [0.1, 0.15) is 5.82 Å². The highest BCUT2D eigenvalue weighted by Crippen LogP contribution is 2.31. The smallest absolute Gasteiger partial charge is 0.139 e. The van der Waals surface area contributed by atoms with Crippen molar-refractivity contribution in [1.29, 1.82) is 0 Å². The Morgan fingerprint density at radius 1 is 1.35 bits per heavy atom. The molecule has 0 amide bonds. The van der Waals surface area contributed by atoms with Crippen molar-refractivity contribution in [3.63, 3.8) is 0 Å². The average molecular weight is 382 g/mol. The second kappa shape index (κ2) is 5.48. The molecule has 1 atom stereocenters. The van der Waals surface area contributed by atoms with Gasteiger partial charge in [0.15, 0.2) is 0 Å². The maximum absolute atomic E-state index is 6.08. The Bertz CT molecular complexity index is 589. The number of hydrogen-bond acceptors (Lipinski definition) is 2. The summed E-state index contributed by atoms with van der Waals surface area (Å²) in [6, 6.07) is 8.48. The number of halogens is 1. The van der Waals surface area contributed by atoms with Gasteiger partial charge in [-0.1, -0.05) is 12.1 Å². The lowest BCUT2D eigenvalue weighted by molar-refractivity contribution is -0.0215. The molecule has 0 saturated carbocycles. The van der Waals surface area contributed by atoms with Crippen LogP contribution in [-0.4, -0.2) is 21.3 Å². The number of hydrogen-bond donors (Lipinski definition) is 0. The van der Waals surface area contributed by atoms with Crippen LogP contribution < -0.4 is 0 Å². The standard InChI is InChI=1S/C16H19IN2O/c1-16(2)8-7-14(20-16)11-19-10-9-18-15(19)12-3-5-13(17)6-4-12/h3-6,9-10,14H,7-8,11H2,1-2H3. The Labute approximate surface area is 133 Å². The fourth-order valence-corrected chi connectivity index (χ4v) is 3.10. The molecule has 3 rings (SSSR count). The third-order valence-corrected chi connectivity index (χ3v) is 4.49. The fourth-order valence-electron chi connectivity index (χ4n) is 2.74. The first kappa shape index (κ1) is 14.1. The Balaban J connectivity index is 1.79. The van der Waals surface area contributed by atoms with Crippen LogP contribution in [0.15, 0.2) is 36.7 Å². The van der Waals surface area contributed by atoms with E-state index in [4.69, 9.17) is 4.74 Å². The molecule has 1 aliphatic rings. The molecular formula is C16H19IN2O. The summed E-state index contributed by atoms with van der Waals surface area (Å²) in [6.45, 7) is 5.21. The summed E-state index contributed by atoms with van der Waals surface area (Å²) in [5, 5.41) is 0. The van der Waals surface area contributed by atoms with Crippen molar-refractivity contribution in [2.24, 2.45) is 0 Å². The number of benzene rings is 1. The van der Waals surface area contributed by atoms with Crippen LogP contribution in [0.4, 0.5) is 0 Å². The number of nitrogens with zero attached hydrogens (tertiary/aromatic N) is 2. The molecule has 3 nitrogen and oxygen atoms in total. The van der Waals surface area contributed by atoms with Gasteiger partial charge in [-0.25, -0.2) is 4.98 Å². The van der Waals surface area contributed by atoms with Gasteiger partial charge in [-0.15, -0.1) is 0 Å². The van der Waals surface area contributed by atoms with Crippen LogP contribution in [0.1, 0.15) is 26.7 Å². The summed E-state index contributed by atoms with van der Waals surface area (Å²) >= 11 is 2.32. The number of imidazole rings is 1. The second-order valence-corrected chi connectivity index (χ2v) is 7.19. The normalized spacial score (nSPS) is 21.2. The summed E-state index contributed by atoms with van der Waals surface area (Å²) in [5.74, 6) is 1.02. The van der Waals surface area contributed by atoms with Gasteiger partial charge in [0.05, 0.1) is 18.2 Å². The number of ether oxygens (including phenoxy) is 1. The summed E-state index contributed by atoms with van der Waals surface area (Å²) in [6.07, 6.45) is 6.46. The molecule has 0 aliphatic carbocycles. The predicted molar refractivity (Wildman–Crippen MR) is 88.6 cm³/mol. The minimum atomic E-state index is 0.0221. The number of aromatic nitrogens is 2. The quantitative estimate of drug-likeness (QED) is 0.747. The molecule has 1 aromatic carbocycles. The lowest BCUT2D eigenvalue weighted by Gasteiger charge is -2.20. The Morgan fingerprint density at radius 2 is 2.10 bits per heavy atom. The van der Waals surface area contributed by atoms with Crippen molar-refractivity contribution in [2.45, 2.75) is 44.9 Å². The summed E-state index contributed by atoms with van der Waals surface area (Å²) < 4.78 is 9.53. The van der Waals surface area contributed by atoms with Gasteiger partial charge in [0, 0.05) is 21.5 Å². The van der Waals surface area contributed by atoms with Crippen LogP contribution in [0.3, 0.4) is 0 Å². The molecule has 1 aliphatic heterocycles. The van der Waals surface area contributed by atoms with Crippen molar-refractivity contribution in [1.82, 2.24) is 9.55 Å². The van der Waals surface area contributed by atoms with Gasteiger partial charge >= 0.3 is 0 Å². The maximum atomic E-state index is 6.08. The monoisotopic (exact) mass is 382 g/mol. The zero-order valence-electron chi connectivity index (χ0n) is 11.8. The van der Waals surface area contributed by atoms with Crippen molar-refractivity contribution in [3.05, 3.63) is 40.2 Å². The SMILES string of the molecule is CC1(C)CCC(Cn2ccnc2-c2ccc(I)cc2)O1. The van der Waals surface area contributed by atoms with E-state index >= 15 is 0 Å². The molecular weight excluding hydrogens is 363 g/mol. The largest absolute Gasteiger partial charge is 0.370 e. The van der Waals surface area contributed by atoms with Gasteiger partial charge in [-0.2, -0.15) is 0 Å². The molecule has 2 aromatic rings. The van der Waals surface area contributed by atoms with Crippen molar-refractivity contribution < 1.29 is 4.74 Å². The van der Waals surface area contributed by atoms with Gasteiger partial charge in [-0.3, -0.25) is 0 Å². The van der Waals surface area contributed by atoms with Gasteiger partial charge in [0.25, 0.3) is 0 Å². The summed E-state index contributed by atoms with van der Waals surface area (Å²) in [7, 11) is 0. The third-order valence-electron chi connectivity index (χ3n) is 3.77. The Kier molecular flexibility index (Phi) is 3.86. The van der Waals surface area contributed by atoms with E-state index in [0.717, 1.165) is 30.8 Å². The first-order valence-electron chi connectivity index (χ1n) is 6.98. The van der Waals surface area contributed by atoms with E-state index in [1.807, 2.05) is 12.4 Å². The van der Waals surface area contributed by atoms with Gasteiger partial charge in [0.2, 0.25) is 0 Å². The molecule has 106 valence electrons. The van der Waals surface area contributed by atoms with E-state index in [1.165, 1.54) is 3.57 Å². The predicted octanol–water partition coefficient (Wildman–Crippen LogP) is 4.11. The minimum absolute atomic E-state index is 0.0221. The van der Waals surface area contributed by atoms with Crippen LogP contribution in [0.2, 0.25) is 0 Å². The first-order chi connectivity index (χ1) is 9.53. The van der Waals surface area contributed by atoms with Crippen molar-refractivity contribution in [3.8, 4) is 11.4 Å². The van der Waals surface area contributed by atoms with Crippen LogP contribution >= 0.6 is 22.6 Å². The second-order valence-electron chi connectivity index (χ2n) is 5.95. The van der Waals surface area contributed by atoms with Crippen molar-refractivity contribution in [2.75, 3.05) is 0 Å². The fraction of sp³-hybridized carbons (Fsp3) is 0.438. The van der Waals surface area contributed by atoms with E-state index in [1.54, 1.807) is 0 Å². The topological polar surface area (TPSA) is 27.1 Å². The van der Waals surface area contributed by atoms with E-state index in [-0.39, 0.29) is 5.60 Å². The van der Waals surface area contributed by atoms with Crippen LogP contribution in [-0.2, 0) is 11.3 Å². The van der Waals surface area contributed by atoms with E-state index in [2.05, 4.69) is 70.3 Å². The van der Waals surface area contributed by atoms with Crippen LogP contribution in [0.25, 0.3) is 11.4 Å². The van der Waals surface area contributed by atoms with E-state index < -0.39 is 0 Å². The molecule has 0 N–H and O–H groups in total. The molecule has 1 aromatic heterocycles. The number of rotatable bonds is 3. The van der Waals surface area contributed by atoms with E-state index in [0.29, 0.717) is 6.10 Å². The van der Waals surface area contributed by atoms with Crippen LogP contribution in [0.5, 0.6) is 0 Å². The Hall–Kier alpha value is -0.880. The summed E-state index contributed by atoms with van der Waals surface area (Å²) in [5.41, 5.74) is 1.18. The zero-order valence-corrected chi connectivity index (χ0v) is 14.0. The molecule has 0 spiro atoms. The molecule has 20 heavy (non-hydrogen) atoms. The molecule has 1 fully saturated rings. The molecule has 1 unspecified atom stereocenters. The highest BCUT2D eigenvalue weighted by atomic mass is 127. The highest BCUT2D eigenvalue weighted by Gasteiger charge is 2.31. The first-order valence-corrected chi connectivity index (χ1v) is 8.06. The minimum Gasteiger partial charge on any atom is -0.370 e. The zero-order chi connectivity index (χ0) is 14.2. The van der Waals surface area contributed by atoms with Crippen molar-refractivity contribution >= 4 is 22.6 Å². The van der Waals surface area contributed by atoms with Crippen LogP contribution in [0, 0.1) is 3.57 Å². The lowest BCUT2D eigenvalue weighted by atomic mass is 10.1. The molecule has 4 heteroatoms. The maximum Gasteiger partial charge on any atom is 0.139 e. The highest BCUT2D eigenvalue weighted by molar-refractivity contribution is 14.1. The molecule has 2 heterocycles. The molecule has 0 radical (unpaired) electrons. The van der Waals surface area contributed by atoms with E-state index in [9.17, 15) is 0 Å². The average Bonchev–Trinajstić information content (AvgIpc) is 2.98. The van der Waals surface area contributed by atoms with Gasteiger partial charge in [-0.05, 0) is 61.4 Å². The Morgan fingerprint density at radius 3 is 2.75 bits per heavy atom. The summed E-state index contributed by atoms with van der Waals surface area (Å²) in [4.78, 5) is 4.50. The van der Waals surface area contributed by atoms with Gasteiger partial charge < -0.3 is 9.30 Å².